The molecule has 0 spiro atoms. The number of rotatable bonds is 3. The summed E-state index contributed by atoms with van der Waals surface area (Å²) in [6, 6.07) is 8.07. The lowest BCUT2D eigenvalue weighted by Crippen LogP contribution is -2.50. The van der Waals surface area contributed by atoms with Crippen LogP contribution in [0.5, 0.6) is 5.75 Å². The highest BCUT2D eigenvalue weighted by Crippen LogP contribution is 2.49. The maximum Gasteiger partial charge on any atom is 0.207 e. The van der Waals surface area contributed by atoms with Crippen molar-refractivity contribution < 1.29 is 26.7 Å². The Morgan fingerprint density at radius 1 is 0.857 bits per heavy atom. The summed E-state index contributed by atoms with van der Waals surface area (Å²) in [5.41, 5.74) is -0.743. The molecular weight excluding hydrogens is 379 g/mol. The van der Waals surface area contributed by atoms with Crippen molar-refractivity contribution in [2.45, 2.75) is 43.4 Å². The zero-order valence-electron chi connectivity index (χ0n) is 14.6. The van der Waals surface area contributed by atoms with E-state index in [0.29, 0.717) is 18.4 Å². The number of hydrogen-bond donors (Lipinski definition) is 0. The van der Waals surface area contributed by atoms with Gasteiger partial charge in [0, 0.05) is 24.9 Å². The molecule has 8 heteroatoms. The largest absolute Gasteiger partial charge is 0.476 e. The Kier molecular flexibility index (Phi) is 4.41. The van der Waals surface area contributed by atoms with Crippen molar-refractivity contribution in [1.29, 1.82) is 5.26 Å². The topological polar surface area (TPSA) is 36.3 Å². The lowest BCUT2D eigenvalue weighted by molar-refractivity contribution is -0.0252. The van der Waals surface area contributed by atoms with Crippen LogP contribution < -0.4 is 4.74 Å². The molecule has 0 saturated carbocycles. The first kappa shape index (κ1) is 18.5. The minimum atomic E-state index is -2.23. The number of fused-ring (bicyclic) bond motifs is 2. The number of nitrogens with zero attached hydrogens (tertiary/aromatic N) is 2. The highest BCUT2D eigenvalue weighted by Gasteiger charge is 2.51. The third-order valence-corrected chi connectivity index (χ3v) is 5.63. The molecule has 4 rings (SSSR count). The van der Waals surface area contributed by atoms with Crippen LogP contribution in [0, 0.1) is 40.5 Å². The van der Waals surface area contributed by atoms with Gasteiger partial charge in [-0.3, -0.25) is 0 Å². The second-order valence-electron chi connectivity index (χ2n) is 7.16. The maximum absolute atomic E-state index is 14.3. The Labute approximate surface area is 157 Å². The van der Waals surface area contributed by atoms with E-state index in [2.05, 4.69) is 6.19 Å². The van der Waals surface area contributed by atoms with Crippen molar-refractivity contribution in [2.24, 2.45) is 0 Å². The summed E-state index contributed by atoms with van der Waals surface area (Å²) in [4.78, 5) is 1.63. The average Bonchev–Trinajstić information content (AvgIpc) is 2.98. The second-order valence-corrected chi connectivity index (χ2v) is 7.16. The number of piperidine rings is 1. The molecule has 0 aliphatic carbocycles. The summed E-state index contributed by atoms with van der Waals surface area (Å²) in [6.07, 6.45) is 3.89. The van der Waals surface area contributed by atoms with E-state index in [9.17, 15) is 27.2 Å². The van der Waals surface area contributed by atoms with Crippen LogP contribution in [-0.2, 0) is 5.60 Å². The number of halogens is 5. The summed E-state index contributed by atoms with van der Waals surface area (Å²) in [5, 5.41) is 9.37. The van der Waals surface area contributed by atoms with Crippen LogP contribution >= 0.6 is 0 Å². The van der Waals surface area contributed by atoms with Crippen LogP contribution in [0.15, 0.2) is 30.3 Å². The normalized spacial score (nSPS) is 26.2. The standard InChI is InChI=1S/C20H15F5N2O/c21-14-15(22)17(24)19(18(25)16(14)23)28-20(11-4-2-1-3-5-11)8-12-6-7-13(9-20)27(12)10-26/h1-5,12-13H,6-9H2. The number of ether oxygens (including phenoxy) is 1. The van der Waals surface area contributed by atoms with E-state index in [1.165, 1.54) is 0 Å². The van der Waals surface area contributed by atoms with E-state index in [1.54, 1.807) is 35.2 Å². The third-order valence-electron chi connectivity index (χ3n) is 5.63. The van der Waals surface area contributed by atoms with Crippen molar-refractivity contribution in [3.63, 3.8) is 0 Å². The molecule has 2 aromatic carbocycles. The minimum Gasteiger partial charge on any atom is -0.476 e. The SMILES string of the molecule is N#CN1C2CCC1CC(Oc1c(F)c(F)c(F)c(F)c1F)(c1ccccc1)C2. The molecule has 2 saturated heterocycles. The zero-order chi connectivity index (χ0) is 20.1. The number of nitriles is 1. The van der Waals surface area contributed by atoms with Crippen LogP contribution in [0.1, 0.15) is 31.2 Å². The predicted octanol–water partition coefficient (Wildman–Crippen LogP) is 4.76. The van der Waals surface area contributed by atoms with Crippen molar-refractivity contribution in [1.82, 2.24) is 4.90 Å². The molecule has 0 radical (unpaired) electrons. The first-order chi connectivity index (χ1) is 13.4. The van der Waals surface area contributed by atoms with E-state index in [0.717, 1.165) is 0 Å². The number of benzene rings is 2. The molecule has 146 valence electrons. The lowest BCUT2D eigenvalue weighted by Gasteiger charge is -2.44. The van der Waals surface area contributed by atoms with Crippen LogP contribution in [0.4, 0.5) is 22.0 Å². The van der Waals surface area contributed by atoms with Crippen molar-refractivity contribution in [3.05, 3.63) is 65.0 Å². The van der Waals surface area contributed by atoms with Gasteiger partial charge in [-0.05, 0) is 18.4 Å². The highest BCUT2D eigenvalue weighted by molar-refractivity contribution is 5.34. The molecule has 3 nitrogen and oxygen atoms in total. The third kappa shape index (κ3) is 2.68. The number of hydrogen-bond acceptors (Lipinski definition) is 3. The molecule has 2 bridgehead atoms. The van der Waals surface area contributed by atoms with Crippen molar-refractivity contribution in [2.75, 3.05) is 0 Å². The molecule has 2 heterocycles. The Bertz CT molecular complexity index is 916. The Morgan fingerprint density at radius 2 is 1.36 bits per heavy atom. The van der Waals surface area contributed by atoms with Gasteiger partial charge in [0.2, 0.25) is 29.1 Å². The molecule has 2 unspecified atom stereocenters. The van der Waals surface area contributed by atoms with Gasteiger partial charge in [0.1, 0.15) is 5.60 Å². The molecule has 2 aromatic rings. The van der Waals surface area contributed by atoms with E-state index in [-0.39, 0.29) is 24.9 Å². The smallest absolute Gasteiger partial charge is 0.207 e. The zero-order valence-corrected chi connectivity index (χ0v) is 14.6. The van der Waals surface area contributed by atoms with Gasteiger partial charge in [0.05, 0.1) is 0 Å². The molecule has 2 aliphatic rings. The molecule has 0 aromatic heterocycles. The van der Waals surface area contributed by atoms with Gasteiger partial charge in [-0.15, -0.1) is 0 Å². The van der Waals surface area contributed by atoms with Gasteiger partial charge in [-0.25, -0.2) is 13.2 Å². The first-order valence-electron chi connectivity index (χ1n) is 8.82. The fraction of sp³-hybridized carbons (Fsp3) is 0.350. The van der Waals surface area contributed by atoms with Gasteiger partial charge < -0.3 is 9.64 Å². The Morgan fingerprint density at radius 3 is 1.86 bits per heavy atom. The molecule has 0 amide bonds. The van der Waals surface area contributed by atoms with Crippen LogP contribution in [0.3, 0.4) is 0 Å². The first-order valence-corrected chi connectivity index (χ1v) is 8.82. The summed E-state index contributed by atoms with van der Waals surface area (Å²) >= 11 is 0. The van der Waals surface area contributed by atoms with E-state index in [4.69, 9.17) is 4.74 Å². The summed E-state index contributed by atoms with van der Waals surface area (Å²) in [6.45, 7) is 0. The molecule has 0 N–H and O–H groups in total. The van der Waals surface area contributed by atoms with Crippen molar-refractivity contribution >= 4 is 0 Å². The molecule has 28 heavy (non-hydrogen) atoms. The van der Waals surface area contributed by atoms with Crippen LogP contribution in [0.25, 0.3) is 0 Å². The molecule has 2 fully saturated rings. The monoisotopic (exact) mass is 394 g/mol. The lowest BCUT2D eigenvalue weighted by atomic mass is 9.80. The molecular formula is C20H15F5N2O. The summed E-state index contributed by atoms with van der Waals surface area (Å²) in [7, 11) is 0. The predicted molar refractivity (Wildman–Crippen MR) is 88.5 cm³/mol. The Hall–Kier alpha value is -2.82. The van der Waals surface area contributed by atoms with Gasteiger partial charge in [-0.1, -0.05) is 30.3 Å². The van der Waals surface area contributed by atoms with Crippen molar-refractivity contribution in [3.8, 4) is 11.9 Å². The molecule has 2 atom stereocenters. The summed E-state index contributed by atoms with van der Waals surface area (Å²) < 4.78 is 75.0. The van der Waals surface area contributed by atoms with Gasteiger partial charge >= 0.3 is 0 Å². The van der Waals surface area contributed by atoms with Gasteiger partial charge in [0.25, 0.3) is 0 Å². The van der Waals surface area contributed by atoms with Crippen LogP contribution in [0.2, 0.25) is 0 Å². The van der Waals surface area contributed by atoms with Gasteiger partial charge in [-0.2, -0.15) is 14.0 Å². The average molecular weight is 394 g/mol. The van der Waals surface area contributed by atoms with E-state index < -0.39 is 40.4 Å². The summed E-state index contributed by atoms with van der Waals surface area (Å²) in [5.74, 6) is -11.6. The van der Waals surface area contributed by atoms with Gasteiger partial charge in [0.15, 0.2) is 11.9 Å². The van der Waals surface area contributed by atoms with Crippen LogP contribution in [-0.4, -0.2) is 17.0 Å². The minimum absolute atomic E-state index is 0.195. The quantitative estimate of drug-likeness (QED) is 0.326. The maximum atomic E-state index is 14.3. The fourth-order valence-corrected chi connectivity index (χ4v) is 4.36. The highest BCUT2D eigenvalue weighted by atomic mass is 19.2. The van der Waals surface area contributed by atoms with E-state index in [1.807, 2.05) is 0 Å². The Balaban J connectivity index is 1.83. The van der Waals surface area contributed by atoms with E-state index >= 15 is 0 Å². The molecule has 2 aliphatic heterocycles. The fourth-order valence-electron chi connectivity index (χ4n) is 4.36. The second kappa shape index (κ2) is 6.66.